The first kappa shape index (κ1) is 20.3. The number of para-hydroxylation sites is 1. The van der Waals surface area contributed by atoms with Crippen molar-refractivity contribution >= 4 is 38.7 Å². The molecule has 30 heavy (non-hydrogen) atoms. The van der Waals surface area contributed by atoms with Gasteiger partial charge in [-0.15, -0.1) is 0 Å². The van der Waals surface area contributed by atoms with Gasteiger partial charge in [0.25, 0.3) is 10.0 Å². The number of carbonyl (C=O) groups excluding carboxylic acids is 1. The molecule has 0 bridgehead atoms. The molecule has 0 fully saturated rings. The van der Waals surface area contributed by atoms with Crippen LogP contribution in [0.25, 0.3) is 10.9 Å². The highest BCUT2D eigenvalue weighted by Gasteiger charge is 2.22. The monoisotopic (exact) mass is 437 g/mol. The predicted molar refractivity (Wildman–Crippen MR) is 117 cm³/mol. The van der Waals surface area contributed by atoms with Crippen LogP contribution in [0.4, 0.5) is 0 Å². The van der Waals surface area contributed by atoms with E-state index >= 15 is 0 Å². The molecule has 0 aliphatic heterocycles. The standard InChI is InChI=1S/C23H19NO4S2/c1-2-28-23(25)19-13-7-9-15-21(19)29-22-16-24(20-14-8-6-12-18(20)22)30(26,27)17-10-4-3-5-11-17/h3-16H,2H2,1H3. The number of carbonyl (C=O) groups is 1. The highest BCUT2D eigenvalue weighted by atomic mass is 32.2. The van der Waals surface area contributed by atoms with Gasteiger partial charge in [0.05, 0.1) is 22.6 Å². The molecule has 7 heteroatoms. The first-order chi connectivity index (χ1) is 14.5. The van der Waals surface area contributed by atoms with Crippen LogP contribution in [0.3, 0.4) is 0 Å². The van der Waals surface area contributed by atoms with E-state index < -0.39 is 16.0 Å². The van der Waals surface area contributed by atoms with Crippen LogP contribution in [0.1, 0.15) is 17.3 Å². The van der Waals surface area contributed by atoms with Crippen LogP contribution in [0.15, 0.2) is 99.7 Å². The van der Waals surface area contributed by atoms with E-state index in [1.165, 1.54) is 15.7 Å². The Morgan fingerprint density at radius 3 is 2.33 bits per heavy atom. The Kier molecular flexibility index (Phi) is 5.65. The number of aromatic nitrogens is 1. The molecule has 3 aromatic carbocycles. The van der Waals surface area contributed by atoms with Crippen molar-refractivity contribution < 1.29 is 17.9 Å². The number of fused-ring (bicyclic) bond motifs is 1. The van der Waals surface area contributed by atoms with Crippen molar-refractivity contribution in [3.05, 3.63) is 90.6 Å². The molecule has 0 aliphatic rings. The summed E-state index contributed by atoms with van der Waals surface area (Å²) in [6, 6.07) is 22.8. The summed E-state index contributed by atoms with van der Waals surface area (Å²) in [4.78, 5) is 14.0. The largest absolute Gasteiger partial charge is 0.462 e. The number of hydrogen-bond donors (Lipinski definition) is 0. The zero-order valence-corrected chi connectivity index (χ0v) is 17.8. The molecule has 1 heterocycles. The zero-order chi connectivity index (χ0) is 21.1. The van der Waals surface area contributed by atoms with Crippen molar-refractivity contribution in [1.29, 1.82) is 0 Å². The number of benzene rings is 3. The van der Waals surface area contributed by atoms with Crippen molar-refractivity contribution in [1.82, 2.24) is 3.97 Å². The molecular formula is C23H19NO4S2. The van der Waals surface area contributed by atoms with Gasteiger partial charge < -0.3 is 4.74 Å². The summed E-state index contributed by atoms with van der Waals surface area (Å²) in [6.07, 6.45) is 1.61. The third-order valence-electron chi connectivity index (χ3n) is 4.54. The lowest BCUT2D eigenvalue weighted by molar-refractivity contribution is 0.0522. The molecule has 0 saturated heterocycles. The molecule has 5 nitrogen and oxygen atoms in total. The second-order valence-electron chi connectivity index (χ2n) is 6.44. The molecule has 0 saturated carbocycles. The van der Waals surface area contributed by atoms with E-state index in [9.17, 15) is 13.2 Å². The van der Waals surface area contributed by atoms with Crippen LogP contribution in [0.5, 0.6) is 0 Å². The first-order valence-electron chi connectivity index (χ1n) is 9.37. The molecule has 0 N–H and O–H groups in total. The number of nitrogens with zero attached hydrogens (tertiary/aromatic N) is 1. The smallest absolute Gasteiger partial charge is 0.339 e. The van der Waals surface area contributed by atoms with Gasteiger partial charge in [-0.1, -0.05) is 60.3 Å². The maximum atomic E-state index is 13.3. The highest BCUT2D eigenvalue weighted by molar-refractivity contribution is 7.99. The molecular weight excluding hydrogens is 418 g/mol. The van der Waals surface area contributed by atoms with Crippen LogP contribution in [-0.4, -0.2) is 25.0 Å². The van der Waals surface area contributed by atoms with Gasteiger partial charge >= 0.3 is 5.97 Å². The second-order valence-corrected chi connectivity index (χ2v) is 9.34. The Balaban J connectivity index is 1.83. The average molecular weight is 438 g/mol. The SMILES string of the molecule is CCOC(=O)c1ccccc1Sc1cn(S(=O)(=O)c2ccccc2)c2ccccc12. The molecule has 0 aliphatic carbocycles. The molecule has 0 amide bonds. The van der Waals surface area contributed by atoms with Crippen LogP contribution >= 0.6 is 11.8 Å². The fourth-order valence-electron chi connectivity index (χ4n) is 3.16. The topological polar surface area (TPSA) is 65.4 Å². The van der Waals surface area contributed by atoms with Crippen LogP contribution in [-0.2, 0) is 14.8 Å². The van der Waals surface area contributed by atoms with Gasteiger partial charge in [-0.3, -0.25) is 0 Å². The minimum atomic E-state index is -3.76. The average Bonchev–Trinajstić information content (AvgIpc) is 3.14. The molecule has 152 valence electrons. The highest BCUT2D eigenvalue weighted by Crippen LogP contribution is 2.38. The molecule has 0 radical (unpaired) electrons. The quantitative estimate of drug-likeness (QED) is 0.388. The van der Waals surface area contributed by atoms with Gasteiger partial charge in [-0.25, -0.2) is 17.2 Å². The van der Waals surface area contributed by atoms with Crippen LogP contribution in [0.2, 0.25) is 0 Å². The van der Waals surface area contributed by atoms with E-state index in [0.717, 1.165) is 10.3 Å². The first-order valence-corrected chi connectivity index (χ1v) is 11.6. The summed E-state index contributed by atoms with van der Waals surface area (Å²) in [5.41, 5.74) is 1.03. The number of ether oxygens (including phenoxy) is 1. The Bertz CT molecular complexity index is 1310. The second kappa shape index (κ2) is 8.38. The van der Waals surface area contributed by atoms with Crippen molar-refractivity contribution in [2.45, 2.75) is 21.6 Å². The van der Waals surface area contributed by atoms with Gasteiger partial charge in [0, 0.05) is 21.4 Å². The van der Waals surface area contributed by atoms with Crippen molar-refractivity contribution in [2.75, 3.05) is 6.61 Å². The minimum absolute atomic E-state index is 0.217. The van der Waals surface area contributed by atoms with Crippen LogP contribution < -0.4 is 0 Å². The summed E-state index contributed by atoms with van der Waals surface area (Å²) in [6.45, 7) is 2.04. The molecule has 0 atom stereocenters. The molecule has 4 aromatic rings. The Morgan fingerprint density at radius 1 is 0.900 bits per heavy atom. The number of hydrogen-bond acceptors (Lipinski definition) is 5. The maximum Gasteiger partial charge on any atom is 0.339 e. The van der Waals surface area contributed by atoms with E-state index in [1.807, 2.05) is 24.3 Å². The van der Waals surface area contributed by atoms with Crippen molar-refractivity contribution in [3.8, 4) is 0 Å². The lowest BCUT2D eigenvalue weighted by Crippen LogP contribution is -2.11. The predicted octanol–water partition coefficient (Wildman–Crippen LogP) is 5.21. The van der Waals surface area contributed by atoms with Crippen LogP contribution in [0, 0.1) is 0 Å². The van der Waals surface area contributed by atoms with Crippen molar-refractivity contribution in [3.63, 3.8) is 0 Å². The molecule has 0 unspecified atom stereocenters. The minimum Gasteiger partial charge on any atom is -0.462 e. The summed E-state index contributed by atoms with van der Waals surface area (Å²) in [5, 5.41) is 0.792. The van der Waals surface area contributed by atoms with Gasteiger partial charge in [0.1, 0.15) is 0 Å². The third kappa shape index (κ3) is 3.74. The Morgan fingerprint density at radius 2 is 1.57 bits per heavy atom. The van der Waals surface area contributed by atoms with Gasteiger partial charge in [0.15, 0.2) is 0 Å². The fourth-order valence-corrected chi connectivity index (χ4v) is 5.70. The summed E-state index contributed by atoms with van der Waals surface area (Å²) in [7, 11) is -3.76. The molecule has 0 spiro atoms. The molecule has 1 aromatic heterocycles. The lowest BCUT2D eigenvalue weighted by Gasteiger charge is -2.08. The van der Waals surface area contributed by atoms with Gasteiger partial charge in [-0.05, 0) is 37.3 Å². The maximum absolute atomic E-state index is 13.3. The van der Waals surface area contributed by atoms with E-state index in [1.54, 1.807) is 67.7 Å². The van der Waals surface area contributed by atoms with Gasteiger partial charge in [-0.2, -0.15) is 0 Å². The van der Waals surface area contributed by atoms with E-state index in [2.05, 4.69) is 0 Å². The molecule has 4 rings (SSSR count). The fraction of sp³-hybridized carbons (Fsp3) is 0.0870. The summed E-state index contributed by atoms with van der Waals surface area (Å²) >= 11 is 1.34. The third-order valence-corrected chi connectivity index (χ3v) is 7.35. The Hall–Kier alpha value is -3.03. The summed E-state index contributed by atoms with van der Waals surface area (Å²) in [5.74, 6) is -0.402. The lowest BCUT2D eigenvalue weighted by atomic mass is 10.2. The van der Waals surface area contributed by atoms with E-state index in [-0.39, 0.29) is 11.5 Å². The Labute approximate surface area is 179 Å². The number of rotatable bonds is 6. The van der Waals surface area contributed by atoms with Crippen molar-refractivity contribution in [2.24, 2.45) is 0 Å². The van der Waals surface area contributed by atoms with E-state index in [4.69, 9.17) is 4.74 Å². The summed E-state index contributed by atoms with van der Waals surface area (Å²) < 4.78 is 33.0. The van der Waals surface area contributed by atoms with Gasteiger partial charge in [0.2, 0.25) is 0 Å². The van der Waals surface area contributed by atoms with E-state index in [0.29, 0.717) is 16.0 Å². The zero-order valence-electron chi connectivity index (χ0n) is 16.2. The number of esters is 1. The normalized spacial score (nSPS) is 11.5.